The van der Waals surface area contributed by atoms with E-state index in [1.165, 1.54) is 6.08 Å². The third-order valence-corrected chi connectivity index (χ3v) is 6.68. The van der Waals surface area contributed by atoms with Crippen LogP contribution in [-0.4, -0.2) is 66.0 Å². The fourth-order valence-electron chi connectivity index (χ4n) is 4.33. The first-order valence-electron chi connectivity index (χ1n) is 11.7. The molecule has 0 aliphatic heterocycles. The third-order valence-electron chi connectivity index (χ3n) is 6.13. The van der Waals surface area contributed by atoms with Gasteiger partial charge in [-0.2, -0.15) is 0 Å². The second kappa shape index (κ2) is 13.9. The van der Waals surface area contributed by atoms with Crippen LogP contribution in [-0.2, 0) is 13.9 Å². The number of aliphatic hydroxyl groups is 4. The minimum Gasteiger partial charge on any atom is -0.394 e. The van der Waals surface area contributed by atoms with E-state index in [0.29, 0.717) is 32.1 Å². The van der Waals surface area contributed by atoms with E-state index >= 15 is 0 Å². The average molecular weight is 481 g/mol. The monoisotopic (exact) mass is 480 g/mol. The Balaban J connectivity index is 3.60. The molecular weight excluding hydrogens is 439 g/mol. The number of unbranched alkanes of at least 4 members (excludes halogenated alkanes) is 1. The predicted octanol–water partition coefficient (Wildman–Crippen LogP) is 2.51. The van der Waals surface area contributed by atoms with Gasteiger partial charge in [0.25, 0.3) is 0 Å². The van der Waals surface area contributed by atoms with Crippen molar-refractivity contribution in [2.24, 2.45) is 0 Å². The highest BCUT2D eigenvalue weighted by molar-refractivity contribution is 7.46. The van der Waals surface area contributed by atoms with Crippen LogP contribution in [0.4, 0.5) is 0 Å². The van der Waals surface area contributed by atoms with Crippen LogP contribution in [0.5, 0.6) is 0 Å². The molecule has 6 N–H and O–H groups in total. The SMILES string of the molecule is CCCC=C[C@](O)([C@H](O)[C@H](O)CO)[C@]1(OP(=O)(O)O)CCCCCCCCCCCC1=O. The van der Waals surface area contributed by atoms with E-state index in [4.69, 9.17) is 4.52 Å². The maximum absolute atomic E-state index is 13.5. The molecule has 0 bridgehead atoms. The summed E-state index contributed by atoms with van der Waals surface area (Å²) in [5, 5.41) is 42.0. The second-order valence-electron chi connectivity index (χ2n) is 8.73. The van der Waals surface area contributed by atoms with Crippen LogP contribution in [0.15, 0.2) is 12.2 Å². The molecule has 0 aromatic heterocycles. The number of rotatable bonds is 9. The van der Waals surface area contributed by atoms with Gasteiger partial charge in [0.05, 0.1) is 6.61 Å². The number of Topliss-reactive ketones (excluding diaryl/α,β-unsaturated/α-hetero) is 1. The Morgan fingerprint density at radius 3 is 2.09 bits per heavy atom. The Bertz CT molecular complexity index is 635. The van der Waals surface area contributed by atoms with Crippen molar-refractivity contribution in [2.75, 3.05) is 6.61 Å². The van der Waals surface area contributed by atoms with E-state index in [9.17, 15) is 39.6 Å². The van der Waals surface area contributed by atoms with Gasteiger partial charge in [0, 0.05) is 6.42 Å². The number of allylic oxidation sites excluding steroid dienone is 1. The lowest BCUT2D eigenvalue weighted by Crippen LogP contribution is -2.67. The molecule has 1 saturated carbocycles. The van der Waals surface area contributed by atoms with Crippen LogP contribution in [0.25, 0.3) is 0 Å². The molecule has 0 saturated heterocycles. The van der Waals surface area contributed by atoms with Crippen LogP contribution in [0.2, 0.25) is 0 Å². The molecule has 10 heteroatoms. The molecule has 0 heterocycles. The van der Waals surface area contributed by atoms with E-state index in [2.05, 4.69) is 0 Å². The quantitative estimate of drug-likeness (QED) is 0.215. The number of carbonyl (C=O) groups is 1. The lowest BCUT2D eigenvalue weighted by molar-refractivity contribution is -0.201. The molecular formula is C22H41O9P. The van der Waals surface area contributed by atoms with Crippen LogP contribution in [0, 0.1) is 0 Å². The van der Waals surface area contributed by atoms with Gasteiger partial charge in [-0.1, -0.05) is 70.4 Å². The van der Waals surface area contributed by atoms with E-state index < -0.39 is 43.6 Å². The molecule has 4 atom stereocenters. The Labute approximate surface area is 190 Å². The summed E-state index contributed by atoms with van der Waals surface area (Å²) in [5.41, 5.74) is -5.15. The fraction of sp³-hybridized carbons (Fsp3) is 0.864. The van der Waals surface area contributed by atoms with E-state index in [1.54, 1.807) is 0 Å². The van der Waals surface area contributed by atoms with Crippen molar-refractivity contribution < 1.29 is 44.1 Å². The fourth-order valence-corrected chi connectivity index (χ4v) is 5.07. The highest BCUT2D eigenvalue weighted by Gasteiger charge is 2.62. The normalized spacial score (nSPS) is 26.5. The van der Waals surface area contributed by atoms with Gasteiger partial charge >= 0.3 is 7.82 Å². The van der Waals surface area contributed by atoms with Crippen molar-refractivity contribution in [1.82, 2.24) is 0 Å². The van der Waals surface area contributed by atoms with Gasteiger partial charge in [0.1, 0.15) is 17.8 Å². The van der Waals surface area contributed by atoms with Crippen LogP contribution in [0.1, 0.15) is 90.4 Å². The number of phosphoric acid groups is 1. The molecule has 1 rings (SSSR count). The molecule has 0 amide bonds. The van der Waals surface area contributed by atoms with Gasteiger partial charge in [-0.15, -0.1) is 0 Å². The van der Waals surface area contributed by atoms with Gasteiger partial charge in [-0.25, -0.2) is 4.57 Å². The second-order valence-corrected chi connectivity index (χ2v) is 9.89. The van der Waals surface area contributed by atoms with Crippen molar-refractivity contribution in [3.63, 3.8) is 0 Å². The molecule has 1 aliphatic rings. The summed E-state index contributed by atoms with van der Waals surface area (Å²) in [6.07, 6.45) is 6.39. The number of aliphatic hydroxyl groups excluding tert-OH is 3. The summed E-state index contributed by atoms with van der Waals surface area (Å²) < 4.78 is 17.1. The molecule has 1 fully saturated rings. The predicted molar refractivity (Wildman–Crippen MR) is 120 cm³/mol. The third kappa shape index (κ3) is 8.29. The van der Waals surface area contributed by atoms with E-state index in [-0.39, 0.29) is 12.8 Å². The van der Waals surface area contributed by atoms with Crippen molar-refractivity contribution in [1.29, 1.82) is 0 Å². The summed E-state index contributed by atoms with van der Waals surface area (Å²) >= 11 is 0. The van der Waals surface area contributed by atoms with Gasteiger partial charge < -0.3 is 30.2 Å². The minimum absolute atomic E-state index is 0.105. The number of ketones is 1. The standard InChI is InChI=1S/C22H41O9P/c1-2-3-12-15-21(27,20(26)18(24)17-23)22(31-32(28,29)30)16-13-10-8-6-4-5-7-9-11-14-19(22)25/h12,15,18,20,23-24,26-27H,2-11,13-14,16-17H2,1H3,(H2,28,29,30)/t18-,20-,21+,22+/m1/s1. The van der Waals surface area contributed by atoms with Gasteiger partial charge in [-0.05, 0) is 25.7 Å². The first-order chi connectivity index (χ1) is 15.0. The maximum atomic E-state index is 13.5. The first-order valence-corrected chi connectivity index (χ1v) is 13.2. The Morgan fingerprint density at radius 1 is 1.06 bits per heavy atom. The van der Waals surface area contributed by atoms with Crippen molar-refractivity contribution in [3.05, 3.63) is 12.2 Å². The zero-order chi connectivity index (χ0) is 24.3. The summed E-state index contributed by atoms with van der Waals surface area (Å²) in [6, 6.07) is 0. The molecule has 1 aliphatic carbocycles. The molecule has 0 radical (unpaired) electrons. The van der Waals surface area contributed by atoms with Crippen molar-refractivity contribution in [2.45, 2.75) is 114 Å². The first kappa shape index (κ1) is 29.4. The van der Waals surface area contributed by atoms with Gasteiger partial charge in [0.15, 0.2) is 11.4 Å². The summed E-state index contributed by atoms with van der Waals surface area (Å²) in [4.78, 5) is 32.9. The average Bonchev–Trinajstić information content (AvgIpc) is 2.75. The maximum Gasteiger partial charge on any atom is 0.470 e. The van der Waals surface area contributed by atoms with Crippen molar-refractivity contribution in [3.8, 4) is 0 Å². The smallest absolute Gasteiger partial charge is 0.394 e. The largest absolute Gasteiger partial charge is 0.470 e. The summed E-state index contributed by atoms with van der Waals surface area (Å²) in [5.74, 6) is -0.743. The summed E-state index contributed by atoms with van der Waals surface area (Å²) in [7, 11) is -5.31. The number of carbonyl (C=O) groups excluding carboxylic acids is 1. The van der Waals surface area contributed by atoms with Crippen LogP contribution >= 0.6 is 7.82 Å². The van der Waals surface area contributed by atoms with E-state index in [1.807, 2.05) is 6.92 Å². The zero-order valence-corrected chi connectivity index (χ0v) is 20.0. The molecule has 0 unspecified atom stereocenters. The van der Waals surface area contributed by atoms with Crippen molar-refractivity contribution >= 4 is 13.6 Å². The molecule has 188 valence electrons. The zero-order valence-electron chi connectivity index (χ0n) is 19.1. The molecule has 9 nitrogen and oxygen atoms in total. The summed E-state index contributed by atoms with van der Waals surface area (Å²) in [6.45, 7) is 0.944. The van der Waals surface area contributed by atoms with Gasteiger partial charge in [0.2, 0.25) is 0 Å². The lowest BCUT2D eigenvalue weighted by Gasteiger charge is -2.47. The molecule has 0 aromatic carbocycles. The lowest BCUT2D eigenvalue weighted by atomic mass is 9.70. The van der Waals surface area contributed by atoms with Crippen LogP contribution < -0.4 is 0 Å². The minimum atomic E-state index is -5.31. The number of hydrogen-bond acceptors (Lipinski definition) is 7. The number of phosphoric ester groups is 1. The van der Waals surface area contributed by atoms with Gasteiger partial charge in [-0.3, -0.25) is 9.32 Å². The van der Waals surface area contributed by atoms with E-state index in [0.717, 1.165) is 44.6 Å². The Kier molecular flexibility index (Phi) is 12.8. The molecule has 0 aromatic rings. The topological polar surface area (TPSA) is 165 Å². The Morgan fingerprint density at radius 2 is 1.59 bits per heavy atom. The highest BCUT2D eigenvalue weighted by atomic mass is 31.2. The Hall–Kier alpha value is -0.640. The molecule has 0 spiro atoms. The highest BCUT2D eigenvalue weighted by Crippen LogP contribution is 2.50. The number of hydrogen-bond donors (Lipinski definition) is 6. The van der Waals surface area contributed by atoms with Crippen LogP contribution in [0.3, 0.4) is 0 Å². The molecule has 32 heavy (non-hydrogen) atoms.